The van der Waals surface area contributed by atoms with E-state index < -0.39 is 0 Å². The fourth-order valence-electron chi connectivity index (χ4n) is 1.20. The first kappa shape index (κ1) is 6.98. The Morgan fingerprint density at radius 3 is 1.75 bits per heavy atom. The first-order valence-corrected chi connectivity index (χ1v) is 3.63. The lowest BCUT2D eigenvalue weighted by atomic mass is 10.4. The van der Waals surface area contributed by atoms with Crippen LogP contribution in [0.15, 0.2) is 29.1 Å². The summed E-state index contributed by atoms with van der Waals surface area (Å²) in [7, 11) is 0. The molecule has 0 saturated carbocycles. The van der Waals surface area contributed by atoms with Crippen molar-refractivity contribution in [3.8, 4) is 0 Å². The molecule has 1 aromatic rings. The van der Waals surface area contributed by atoms with Crippen LogP contribution in [0.2, 0.25) is 0 Å². The quantitative estimate of drug-likeness (QED) is 0.495. The van der Waals surface area contributed by atoms with E-state index in [-0.39, 0.29) is 11.2 Å². The molecule has 0 N–H and O–H groups in total. The molecular weight excluding hydrogens is 152 g/mol. The van der Waals surface area contributed by atoms with Crippen LogP contribution in [0.3, 0.4) is 0 Å². The number of carbonyl (C=O) groups is 1. The molecule has 0 unspecified atom stereocenters. The summed E-state index contributed by atoms with van der Waals surface area (Å²) >= 11 is 0. The predicted molar refractivity (Wildman–Crippen MR) is 45.9 cm³/mol. The lowest BCUT2D eigenvalue weighted by Gasteiger charge is -1.67. The molecule has 0 fully saturated rings. The Labute approximate surface area is 68.5 Å². The highest BCUT2D eigenvalue weighted by atomic mass is 16.1. The highest BCUT2D eigenvalue weighted by Crippen LogP contribution is 1.81. The molecule has 12 heavy (non-hydrogen) atoms. The minimum absolute atomic E-state index is 0.0105. The van der Waals surface area contributed by atoms with Crippen LogP contribution < -0.4 is 15.9 Å². The summed E-state index contributed by atoms with van der Waals surface area (Å²) in [5.74, 6) is -0.0105. The van der Waals surface area contributed by atoms with Gasteiger partial charge in [0.25, 0.3) is 0 Å². The summed E-state index contributed by atoms with van der Waals surface area (Å²) < 4.78 is 0. The minimum atomic E-state index is -0.0429. The van der Waals surface area contributed by atoms with Gasteiger partial charge in [-0.1, -0.05) is 12.1 Å². The van der Waals surface area contributed by atoms with E-state index in [0.29, 0.717) is 0 Å². The van der Waals surface area contributed by atoms with Gasteiger partial charge in [-0.25, -0.2) is 0 Å². The van der Waals surface area contributed by atoms with Crippen molar-refractivity contribution in [3.05, 3.63) is 44.9 Å². The molecule has 2 nitrogen and oxygen atoms in total. The Balaban J connectivity index is 2.97. The van der Waals surface area contributed by atoms with Gasteiger partial charge in [-0.15, -0.1) is 0 Å². The topological polar surface area (TPSA) is 34.1 Å². The van der Waals surface area contributed by atoms with Crippen LogP contribution in [0, 0.1) is 0 Å². The Bertz CT molecular complexity index is 468. The summed E-state index contributed by atoms with van der Waals surface area (Å²) in [4.78, 5) is 21.8. The van der Waals surface area contributed by atoms with Gasteiger partial charge in [0.2, 0.25) is 0 Å². The molecule has 1 aliphatic rings. The number of rotatable bonds is 0. The van der Waals surface area contributed by atoms with Gasteiger partial charge in [-0.2, -0.15) is 0 Å². The van der Waals surface area contributed by atoms with Gasteiger partial charge >= 0.3 is 0 Å². The lowest BCUT2D eigenvalue weighted by Crippen LogP contribution is -2.17. The zero-order valence-electron chi connectivity index (χ0n) is 6.28. The zero-order valence-corrected chi connectivity index (χ0v) is 6.28. The van der Waals surface area contributed by atoms with Crippen LogP contribution in [0.25, 0.3) is 12.2 Å². The monoisotopic (exact) mass is 158 g/mol. The number of hydrogen-bond donors (Lipinski definition) is 0. The van der Waals surface area contributed by atoms with E-state index in [0.717, 1.165) is 10.4 Å². The van der Waals surface area contributed by atoms with Crippen LogP contribution in [0.4, 0.5) is 0 Å². The standard InChI is InChI=1S/C10H6O2/c11-9-3-1-7-5-10(12)6-8(7)2-4-9/h1-6H. The molecule has 2 rings (SSSR count). The van der Waals surface area contributed by atoms with Crippen LogP contribution in [-0.4, -0.2) is 5.78 Å². The maximum atomic E-state index is 10.9. The molecule has 0 amide bonds. The van der Waals surface area contributed by atoms with Gasteiger partial charge in [0.05, 0.1) is 0 Å². The SMILES string of the molecule is O=C1C=c2ccc(=O)ccc2=C1. The van der Waals surface area contributed by atoms with Crippen molar-refractivity contribution in [1.29, 1.82) is 0 Å². The van der Waals surface area contributed by atoms with E-state index in [1.807, 2.05) is 0 Å². The zero-order chi connectivity index (χ0) is 8.55. The van der Waals surface area contributed by atoms with Crippen molar-refractivity contribution in [2.75, 3.05) is 0 Å². The van der Waals surface area contributed by atoms with Crippen molar-refractivity contribution in [2.24, 2.45) is 0 Å². The van der Waals surface area contributed by atoms with E-state index in [2.05, 4.69) is 0 Å². The van der Waals surface area contributed by atoms with Crippen molar-refractivity contribution in [2.45, 2.75) is 0 Å². The molecule has 1 aromatic carbocycles. The normalized spacial score (nSPS) is 13.2. The molecule has 58 valence electrons. The average molecular weight is 158 g/mol. The summed E-state index contributed by atoms with van der Waals surface area (Å²) in [6, 6.07) is 6.25. The molecule has 2 heteroatoms. The van der Waals surface area contributed by atoms with E-state index in [1.54, 1.807) is 12.1 Å². The van der Waals surface area contributed by atoms with E-state index in [9.17, 15) is 9.59 Å². The number of hydrogen-bond acceptors (Lipinski definition) is 2. The first-order chi connectivity index (χ1) is 5.75. The number of ketones is 1. The Hall–Kier alpha value is -1.70. The van der Waals surface area contributed by atoms with Crippen molar-refractivity contribution >= 4 is 17.9 Å². The summed E-state index contributed by atoms with van der Waals surface area (Å²) in [6.07, 6.45) is 3.05. The molecule has 0 atom stereocenters. The molecular formula is C10H6O2. The Kier molecular flexibility index (Phi) is 1.40. The molecule has 0 saturated heterocycles. The maximum Gasteiger partial charge on any atom is 0.179 e. The maximum absolute atomic E-state index is 10.9. The predicted octanol–water partition coefficient (Wildman–Crippen LogP) is -0.810. The molecule has 0 spiro atoms. The number of fused-ring (bicyclic) bond motifs is 1. The van der Waals surface area contributed by atoms with Gasteiger partial charge < -0.3 is 0 Å². The van der Waals surface area contributed by atoms with Crippen molar-refractivity contribution in [1.82, 2.24) is 0 Å². The first-order valence-electron chi connectivity index (χ1n) is 3.63. The lowest BCUT2D eigenvalue weighted by molar-refractivity contribution is -0.107. The Morgan fingerprint density at radius 1 is 0.750 bits per heavy atom. The molecule has 1 aliphatic carbocycles. The second-order valence-corrected chi connectivity index (χ2v) is 2.67. The second kappa shape index (κ2) is 2.41. The summed E-state index contributed by atoms with van der Waals surface area (Å²) in [5.41, 5.74) is -0.0429. The van der Waals surface area contributed by atoms with Crippen LogP contribution in [-0.2, 0) is 4.79 Å². The summed E-state index contributed by atoms with van der Waals surface area (Å²) in [5, 5.41) is 1.64. The molecule has 0 heterocycles. The highest BCUT2D eigenvalue weighted by Gasteiger charge is 1.98. The fourth-order valence-corrected chi connectivity index (χ4v) is 1.20. The third-order valence-corrected chi connectivity index (χ3v) is 1.78. The van der Waals surface area contributed by atoms with Crippen LogP contribution in [0.1, 0.15) is 0 Å². The van der Waals surface area contributed by atoms with Gasteiger partial charge in [0.1, 0.15) is 0 Å². The molecule has 0 aromatic heterocycles. The fraction of sp³-hybridized carbons (Fsp3) is 0. The third kappa shape index (κ3) is 1.07. The van der Waals surface area contributed by atoms with E-state index in [4.69, 9.17) is 0 Å². The molecule has 0 aliphatic heterocycles. The smallest absolute Gasteiger partial charge is 0.179 e. The van der Waals surface area contributed by atoms with Gasteiger partial charge in [-0.05, 0) is 34.7 Å². The average Bonchev–Trinajstić information content (AvgIpc) is 2.31. The largest absolute Gasteiger partial charge is 0.290 e. The second-order valence-electron chi connectivity index (χ2n) is 2.67. The molecule has 0 bridgehead atoms. The molecule has 0 radical (unpaired) electrons. The minimum Gasteiger partial charge on any atom is -0.290 e. The van der Waals surface area contributed by atoms with Gasteiger partial charge in [-0.3, -0.25) is 9.59 Å². The van der Waals surface area contributed by atoms with Crippen molar-refractivity contribution in [3.63, 3.8) is 0 Å². The van der Waals surface area contributed by atoms with E-state index >= 15 is 0 Å². The third-order valence-electron chi connectivity index (χ3n) is 1.78. The van der Waals surface area contributed by atoms with E-state index in [1.165, 1.54) is 24.3 Å². The number of Topliss-reactive ketones (excluding diaryl/α,β-unsaturated/α-hetero) is 1. The summed E-state index contributed by atoms with van der Waals surface area (Å²) in [6.45, 7) is 0. The number of carbonyl (C=O) groups excluding carboxylic acids is 1. The Morgan fingerprint density at radius 2 is 1.25 bits per heavy atom. The van der Waals surface area contributed by atoms with Gasteiger partial charge in [0, 0.05) is 0 Å². The van der Waals surface area contributed by atoms with Crippen LogP contribution >= 0.6 is 0 Å². The highest BCUT2D eigenvalue weighted by molar-refractivity contribution is 6.26. The van der Waals surface area contributed by atoms with Crippen LogP contribution in [0.5, 0.6) is 0 Å². The van der Waals surface area contributed by atoms with Crippen molar-refractivity contribution < 1.29 is 4.79 Å². The van der Waals surface area contributed by atoms with Gasteiger partial charge in [0.15, 0.2) is 11.2 Å².